The van der Waals surface area contributed by atoms with Gasteiger partial charge >= 0.3 is 0 Å². The number of benzene rings is 1. The van der Waals surface area contributed by atoms with E-state index in [4.69, 9.17) is 9.47 Å². The molecule has 1 rings (SSSR count). The molecule has 1 aromatic rings. The number of rotatable bonds is 7. The molecule has 18 heavy (non-hydrogen) atoms. The van der Waals surface area contributed by atoms with Crippen LogP contribution in [0, 0.1) is 0 Å². The third-order valence-electron chi connectivity index (χ3n) is 2.87. The van der Waals surface area contributed by atoms with Gasteiger partial charge in [0.2, 0.25) is 0 Å². The molecule has 1 N–H and O–H groups in total. The lowest BCUT2D eigenvalue weighted by atomic mass is 10.1. The van der Waals surface area contributed by atoms with Gasteiger partial charge < -0.3 is 14.8 Å². The molecule has 0 bridgehead atoms. The first-order valence-corrected chi connectivity index (χ1v) is 6.63. The van der Waals surface area contributed by atoms with E-state index in [-0.39, 0.29) is 6.10 Å². The smallest absolute Gasteiger partial charge is 0.124 e. The maximum Gasteiger partial charge on any atom is 0.124 e. The van der Waals surface area contributed by atoms with Crippen LogP contribution in [0.4, 0.5) is 0 Å². The van der Waals surface area contributed by atoms with E-state index in [0.717, 1.165) is 30.0 Å². The van der Waals surface area contributed by atoms with E-state index < -0.39 is 0 Å². The highest BCUT2D eigenvalue weighted by atomic mass is 16.5. The fraction of sp³-hybridized carbons (Fsp3) is 0.600. The van der Waals surface area contributed by atoms with Gasteiger partial charge in [-0.2, -0.15) is 0 Å². The zero-order valence-corrected chi connectivity index (χ0v) is 12.1. The Morgan fingerprint density at radius 3 is 2.50 bits per heavy atom. The van der Waals surface area contributed by atoms with Crippen molar-refractivity contribution in [2.45, 2.75) is 52.8 Å². The number of ether oxygens (including phenoxy) is 2. The molecule has 0 aliphatic rings. The van der Waals surface area contributed by atoms with Gasteiger partial charge in [0.25, 0.3) is 0 Å². The van der Waals surface area contributed by atoms with E-state index in [9.17, 15) is 0 Å². The Bertz CT molecular complexity index is 364. The Kier molecular flexibility index (Phi) is 5.99. The number of nitrogens with one attached hydrogen (secondary N) is 1. The quantitative estimate of drug-likeness (QED) is 0.806. The van der Waals surface area contributed by atoms with Gasteiger partial charge in [0.1, 0.15) is 11.5 Å². The van der Waals surface area contributed by atoms with Gasteiger partial charge in [-0.15, -0.1) is 0 Å². The van der Waals surface area contributed by atoms with Crippen molar-refractivity contribution >= 4 is 0 Å². The van der Waals surface area contributed by atoms with Crippen molar-refractivity contribution in [3.63, 3.8) is 0 Å². The van der Waals surface area contributed by atoms with Crippen LogP contribution in [0.15, 0.2) is 18.2 Å². The lowest BCUT2D eigenvalue weighted by Crippen LogP contribution is -2.22. The van der Waals surface area contributed by atoms with Crippen molar-refractivity contribution in [3.8, 4) is 11.5 Å². The van der Waals surface area contributed by atoms with Crippen molar-refractivity contribution in [2.75, 3.05) is 7.11 Å². The summed E-state index contributed by atoms with van der Waals surface area (Å²) in [7, 11) is 1.68. The summed E-state index contributed by atoms with van der Waals surface area (Å²) >= 11 is 0. The highest BCUT2D eigenvalue weighted by Gasteiger charge is 2.09. The molecule has 0 aliphatic carbocycles. The Morgan fingerprint density at radius 2 is 1.94 bits per heavy atom. The fourth-order valence-electron chi connectivity index (χ4n) is 1.55. The first-order chi connectivity index (χ1) is 8.56. The molecule has 0 saturated heterocycles. The SMILES string of the molecule is CCC(C)Oc1ccc(OC)cc1CNC(C)C. The van der Waals surface area contributed by atoms with Crippen LogP contribution in [0.1, 0.15) is 39.7 Å². The molecular weight excluding hydrogens is 226 g/mol. The van der Waals surface area contributed by atoms with Crippen LogP contribution in [-0.2, 0) is 6.54 Å². The Balaban J connectivity index is 2.85. The zero-order valence-electron chi connectivity index (χ0n) is 12.1. The monoisotopic (exact) mass is 251 g/mol. The molecule has 0 saturated carbocycles. The molecule has 0 aliphatic heterocycles. The van der Waals surface area contributed by atoms with E-state index in [1.807, 2.05) is 18.2 Å². The molecule has 0 amide bonds. The molecule has 0 aromatic heterocycles. The van der Waals surface area contributed by atoms with Gasteiger partial charge in [-0.25, -0.2) is 0 Å². The number of hydrogen-bond acceptors (Lipinski definition) is 3. The summed E-state index contributed by atoms with van der Waals surface area (Å²) < 4.78 is 11.2. The highest BCUT2D eigenvalue weighted by Crippen LogP contribution is 2.25. The minimum absolute atomic E-state index is 0.233. The lowest BCUT2D eigenvalue weighted by molar-refractivity contribution is 0.214. The van der Waals surface area contributed by atoms with Crippen molar-refractivity contribution in [2.24, 2.45) is 0 Å². The van der Waals surface area contributed by atoms with Crippen LogP contribution in [0.2, 0.25) is 0 Å². The Hall–Kier alpha value is -1.22. The van der Waals surface area contributed by atoms with Crippen LogP contribution in [0.5, 0.6) is 11.5 Å². The molecule has 1 aromatic carbocycles. The third-order valence-corrected chi connectivity index (χ3v) is 2.87. The Labute approximate surface area is 110 Å². The van der Waals surface area contributed by atoms with Gasteiger partial charge in [0.05, 0.1) is 13.2 Å². The molecule has 0 heterocycles. The predicted molar refractivity (Wildman–Crippen MR) is 75.4 cm³/mol. The summed E-state index contributed by atoms with van der Waals surface area (Å²) in [6.07, 6.45) is 1.24. The van der Waals surface area contributed by atoms with Crippen LogP contribution in [0.25, 0.3) is 0 Å². The minimum Gasteiger partial charge on any atom is -0.497 e. The summed E-state index contributed by atoms with van der Waals surface area (Å²) in [5.74, 6) is 1.81. The van der Waals surface area contributed by atoms with Crippen molar-refractivity contribution in [3.05, 3.63) is 23.8 Å². The Morgan fingerprint density at radius 1 is 1.22 bits per heavy atom. The average Bonchev–Trinajstić information content (AvgIpc) is 2.37. The van der Waals surface area contributed by atoms with Crippen molar-refractivity contribution in [1.29, 1.82) is 0 Å². The summed E-state index contributed by atoms with van der Waals surface area (Å²) in [6.45, 7) is 9.27. The second-order valence-corrected chi connectivity index (χ2v) is 4.85. The molecule has 0 fully saturated rings. The van der Waals surface area contributed by atoms with E-state index in [2.05, 4.69) is 33.0 Å². The maximum absolute atomic E-state index is 5.93. The van der Waals surface area contributed by atoms with Crippen LogP contribution in [-0.4, -0.2) is 19.3 Å². The van der Waals surface area contributed by atoms with Gasteiger partial charge in [-0.3, -0.25) is 0 Å². The van der Waals surface area contributed by atoms with Crippen LogP contribution < -0.4 is 14.8 Å². The number of hydrogen-bond donors (Lipinski definition) is 1. The number of methoxy groups -OCH3 is 1. The lowest BCUT2D eigenvalue weighted by Gasteiger charge is -2.18. The normalized spacial score (nSPS) is 12.6. The van der Waals surface area contributed by atoms with Crippen molar-refractivity contribution < 1.29 is 9.47 Å². The summed E-state index contributed by atoms with van der Waals surface area (Å²) in [5, 5.41) is 3.41. The second-order valence-electron chi connectivity index (χ2n) is 4.85. The molecule has 0 spiro atoms. The van der Waals surface area contributed by atoms with Gasteiger partial charge in [0.15, 0.2) is 0 Å². The zero-order chi connectivity index (χ0) is 13.5. The standard InChI is InChI=1S/C15H25NO2/c1-6-12(4)18-15-8-7-14(17-5)9-13(15)10-16-11(2)3/h7-9,11-12,16H,6,10H2,1-5H3. The predicted octanol–water partition coefficient (Wildman–Crippen LogP) is 3.37. The molecular formula is C15H25NO2. The van der Waals surface area contributed by atoms with Crippen LogP contribution in [0.3, 0.4) is 0 Å². The molecule has 3 nitrogen and oxygen atoms in total. The summed E-state index contributed by atoms with van der Waals surface area (Å²) in [4.78, 5) is 0. The average molecular weight is 251 g/mol. The van der Waals surface area contributed by atoms with E-state index >= 15 is 0 Å². The molecule has 102 valence electrons. The largest absolute Gasteiger partial charge is 0.497 e. The molecule has 1 unspecified atom stereocenters. The van der Waals surface area contributed by atoms with Gasteiger partial charge in [0, 0.05) is 18.2 Å². The van der Waals surface area contributed by atoms with Gasteiger partial charge in [-0.1, -0.05) is 20.8 Å². The highest BCUT2D eigenvalue weighted by molar-refractivity contribution is 5.40. The first-order valence-electron chi connectivity index (χ1n) is 6.63. The van der Waals surface area contributed by atoms with E-state index in [1.54, 1.807) is 7.11 Å². The minimum atomic E-state index is 0.233. The van der Waals surface area contributed by atoms with E-state index in [1.165, 1.54) is 0 Å². The molecule has 0 radical (unpaired) electrons. The topological polar surface area (TPSA) is 30.5 Å². The summed E-state index contributed by atoms with van der Waals surface area (Å²) in [5.41, 5.74) is 1.14. The maximum atomic E-state index is 5.93. The van der Waals surface area contributed by atoms with Crippen LogP contribution >= 0.6 is 0 Å². The second kappa shape index (κ2) is 7.27. The molecule has 1 atom stereocenters. The van der Waals surface area contributed by atoms with E-state index in [0.29, 0.717) is 6.04 Å². The fourth-order valence-corrected chi connectivity index (χ4v) is 1.55. The molecule has 3 heteroatoms. The first kappa shape index (κ1) is 14.8. The van der Waals surface area contributed by atoms with Crippen molar-refractivity contribution in [1.82, 2.24) is 5.32 Å². The summed E-state index contributed by atoms with van der Waals surface area (Å²) in [6, 6.07) is 6.42. The third kappa shape index (κ3) is 4.57. The van der Waals surface area contributed by atoms with Gasteiger partial charge in [-0.05, 0) is 31.5 Å².